The van der Waals surface area contributed by atoms with Crippen LogP contribution in [0.15, 0.2) is 64.4 Å². The summed E-state index contributed by atoms with van der Waals surface area (Å²) in [5.41, 5.74) is 4.57. The highest BCUT2D eigenvalue weighted by molar-refractivity contribution is 7.91. The zero-order valence-corrected chi connectivity index (χ0v) is 22.9. The van der Waals surface area contributed by atoms with Crippen molar-refractivity contribution in [3.8, 4) is 11.1 Å². The second kappa shape index (κ2) is 9.79. The van der Waals surface area contributed by atoms with Crippen molar-refractivity contribution < 1.29 is 13.2 Å². The van der Waals surface area contributed by atoms with Crippen LogP contribution in [0.3, 0.4) is 0 Å². The largest absolute Gasteiger partial charge is 0.360 e. The van der Waals surface area contributed by atoms with Gasteiger partial charge in [0.2, 0.25) is 0 Å². The van der Waals surface area contributed by atoms with Gasteiger partial charge in [0.05, 0.1) is 16.7 Å². The lowest BCUT2D eigenvalue weighted by Crippen LogP contribution is -2.30. The van der Waals surface area contributed by atoms with Gasteiger partial charge in [-0.1, -0.05) is 44.2 Å². The molecule has 5 rings (SSSR count). The number of aromatic nitrogens is 2. The van der Waals surface area contributed by atoms with Crippen molar-refractivity contribution in [2.75, 3.05) is 17.2 Å². The summed E-state index contributed by atoms with van der Waals surface area (Å²) in [5.74, 6) is -0.295. The molecule has 0 saturated heterocycles. The van der Waals surface area contributed by atoms with Crippen molar-refractivity contribution >= 4 is 32.3 Å². The summed E-state index contributed by atoms with van der Waals surface area (Å²) in [4.78, 5) is 32.0. The standard InChI is InChI=1S/C29H32N4O4S/c1-5-23(18-11-9-8-10-12-18)33-17-22-25-21(20-15-19(13-14-24(20)33)38(36,37)7-3)16-32(4)29(35)27(25)31-26(22)28(34)30-6-2/h8-16,23,31H,5-7,17H2,1-4H3,(H,30,34)/t23-/m1/s1. The van der Waals surface area contributed by atoms with Gasteiger partial charge in [-0.25, -0.2) is 8.42 Å². The molecule has 2 N–H and O–H groups in total. The highest BCUT2D eigenvalue weighted by Crippen LogP contribution is 2.45. The molecule has 1 atom stereocenters. The number of carbonyl (C=O) groups is 1. The minimum atomic E-state index is -3.48. The minimum Gasteiger partial charge on any atom is -0.360 e. The summed E-state index contributed by atoms with van der Waals surface area (Å²) in [5, 5.41) is 3.53. The van der Waals surface area contributed by atoms with E-state index in [-0.39, 0.29) is 28.2 Å². The Hall–Kier alpha value is -3.85. The lowest BCUT2D eigenvalue weighted by molar-refractivity contribution is 0.0950. The van der Waals surface area contributed by atoms with Crippen molar-refractivity contribution in [1.82, 2.24) is 14.9 Å². The van der Waals surface area contributed by atoms with Gasteiger partial charge in [-0.3, -0.25) is 9.59 Å². The van der Waals surface area contributed by atoms with Gasteiger partial charge in [-0.05, 0) is 37.1 Å². The molecule has 1 aliphatic heterocycles. The van der Waals surface area contributed by atoms with E-state index in [1.54, 1.807) is 32.3 Å². The smallest absolute Gasteiger partial charge is 0.274 e. The molecule has 198 valence electrons. The number of nitrogens with zero attached hydrogens (tertiary/aromatic N) is 2. The number of pyridine rings is 1. The number of nitrogens with one attached hydrogen (secondary N) is 2. The SMILES string of the molecule is CCNC(=O)c1[nH]c2c(=O)n(C)cc3c2c1CN([C@H](CC)c1ccccc1)c1ccc(S(=O)(=O)CC)cc1-3. The van der Waals surface area contributed by atoms with E-state index >= 15 is 0 Å². The summed E-state index contributed by atoms with van der Waals surface area (Å²) >= 11 is 0. The maximum absolute atomic E-state index is 13.2. The number of rotatable bonds is 7. The molecule has 1 aliphatic rings. The summed E-state index contributed by atoms with van der Waals surface area (Å²) in [6, 6.07) is 15.3. The Morgan fingerprint density at radius 1 is 1.08 bits per heavy atom. The van der Waals surface area contributed by atoms with Gasteiger partial charge >= 0.3 is 0 Å². The van der Waals surface area contributed by atoms with Gasteiger partial charge < -0.3 is 19.8 Å². The number of sulfone groups is 1. The molecule has 8 nitrogen and oxygen atoms in total. The van der Waals surface area contributed by atoms with Gasteiger partial charge in [-0.2, -0.15) is 0 Å². The minimum absolute atomic E-state index is 0.0173. The molecular weight excluding hydrogens is 500 g/mol. The number of amides is 1. The fourth-order valence-corrected chi connectivity index (χ4v) is 6.39. The summed E-state index contributed by atoms with van der Waals surface area (Å²) in [6.45, 7) is 6.40. The summed E-state index contributed by atoms with van der Waals surface area (Å²) < 4.78 is 27.3. The number of carbonyl (C=O) groups excluding carboxylic acids is 1. The molecule has 4 aromatic rings. The van der Waals surface area contributed by atoms with Crippen LogP contribution < -0.4 is 15.8 Å². The lowest BCUT2D eigenvalue weighted by Gasteiger charge is -2.34. The van der Waals surface area contributed by atoms with Gasteiger partial charge in [0.15, 0.2) is 9.84 Å². The highest BCUT2D eigenvalue weighted by atomic mass is 32.2. The Morgan fingerprint density at radius 3 is 2.47 bits per heavy atom. The molecule has 38 heavy (non-hydrogen) atoms. The lowest BCUT2D eigenvalue weighted by atomic mass is 9.99. The van der Waals surface area contributed by atoms with Crippen molar-refractivity contribution in [3.63, 3.8) is 0 Å². The van der Waals surface area contributed by atoms with Crippen molar-refractivity contribution in [2.24, 2.45) is 7.05 Å². The van der Waals surface area contributed by atoms with Crippen LogP contribution in [0.4, 0.5) is 5.69 Å². The first kappa shape index (κ1) is 25.8. The molecule has 9 heteroatoms. The fraction of sp³-hybridized carbons (Fsp3) is 0.310. The van der Waals surface area contributed by atoms with E-state index in [1.165, 1.54) is 4.57 Å². The molecule has 0 fully saturated rings. The first-order chi connectivity index (χ1) is 18.2. The molecule has 1 amide bonds. The fourth-order valence-electron chi connectivity index (χ4n) is 5.48. The number of anilines is 1. The van der Waals surface area contributed by atoms with E-state index in [4.69, 9.17) is 0 Å². The third-order valence-corrected chi connectivity index (χ3v) is 9.11. The van der Waals surface area contributed by atoms with Crippen LogP contribution in [-0.2, 0) is 23.4 Å². The number of benzene rings is 2. The van der Waals surface area contributed by atoms with Crippen molar-refractivity contribution in [1.29, 1.82) is 0 Å². The number of H-pyrrole nitrogens is 1. The molecule has 2 aromatic carbocycles. The normalized spacial score (nSPS) is 13.7. The number of hydrogen-bond donors (Lipinski definition) is 2. The van der Waals surface area contributed by atoms with E-state index in [9.17, 15) is 18.0 Å². The zero-order valence-electron chi connectivity index (χ0n) is 22.0. The van der Waals surface area contributed by atoms with Crippen LogP contribution in [0.25, 0.3) is 22.0 Å². The first-order valence-electron chi connectivity index (χ1n) is 12.9. The van der Waals surface area contributed by atoms with Crippen LogP contribution in [0.2, 0.25) is 0 Å². The van der Waals surface area contributed by atoms with E-state index in [1.807, 2.05) is 31.2 Å². The second-order valence-electron chi connectivity index (χ2n) is 9.59. The molecule has 0 aliphatic carbocycles. The van der Waals surface area contributed by atoms with Gasteiger partial charge in [0.25, 0.3) is 11.5 Å². The third-order valence-electron chi connectivity index (χ3n) is 7.38. The first-order valence-corrected chi connectivity index (χ1v) is 14.6. The monoisotopic (exact) mass is 532 g/mol. The third kappa shape index (κ3) is 4.11. The van der Waals surface area contributed by atoms with Gasteiger partial charge in [-0.15, -0.1) is 0 Å². The van der Waals surface area contributed by atoms with E-state index in [0.717, 1.165) is 34.4 Å². The molecule has 0 unspecified atom stereocenters. The Kier molecular flexibility index (Phi) is 6.65. The van der Waals surface area contributed by atoms with Crippen LogP contribution in [0.5, 0.6) is 0 Å². The van der Waals surface area contributed by atoms with Crippen LogP contribution in [0, 0.1) is 0 Å². The average molecular weight is 533 g/mol. The molecule has 2 aromatic heterocycles. The predicted molar refractivity (Wildman–Crippen MR) is 150 cm³/mol. The molecule has 0 saturated carbocycles. The Morgan fingerprint density at radius 2 is 1.82 bits per heavy atom. The van der Waals surface area contributed by atoms with Crippen LogP contribution >= 0.6 is 0 Å². The van der Waals surface area contributed by atoms with E-state index in [2.05, 4.69) is 34.3 Å². The van der Waals surface area contributed by atoms with Crippen LogP contribution in [-0.4, -0.2) is 36.2 Å². The molecular formula is C29H32N4O4S. The quantitative estimate of drug-likeness (QED) is 0.364. The number of aromatic amines is 1. The van der Waals surface area contributed by atoms with E-state index in [0.29, 0.717) is 29.7 Å². The Balaban J connectivity index is 1.89. The van der Waals surface area contributed by atoms with Crippen molar-refractivity contribution in [3.05, 3.63) is 81.9 Å². The Bertz CT molecular complexity index is 1700. The number of aryl methyl sites for hydroxylation is 1. The maximum atomic E-state index is 13.2. The van der Waals surface area contributed by atoms with Gasteiger partial charge in [0, 0.05) is 54.1 Å². The van der Waals surface area contributed by atoms with Gasteiger partial charge in [0.1, 0.15) is 11.2 Å². The summed E-state index contributed by atoms with van der Waals surface area (Å²) in [6.07, 6.45) is 2.52. The number of hydrogen-bond acceptors (Lipinski definition) is 5. The topological polar surface area (TPSA) is 104 Å². The highest BCUT2D eigenvalue weighted by Gasteiger charge is 2.33. The average Bonchev–Trinajstić information content (AvgIpc) is 3.24. The van der Waals surface area contributed by atoms with Crippen LogP contribution in [0.1, 0.15) is 54.8 Å². The van der Waals surface area contributed by atoms with E-state index < -0.39 is 9.84 Å². The Labute approximate surface area is 222 Å². The number of fused-ring (bicyclic) bond motifs is 2. The second-order valence-corrected chi connectivity index (χ2v) is 11.9. The molecule has 0 spiro atoms. The molecule has 0 bridgehead atoms. The summed E-state index contributed by atoms with van der Waals surface area (Å²) in [7, 11) is -1.81. The predicted octanol–water partition coefficient (Wildman–Crippen LogP) is 4.55. The molecule has 0 radical (unpaired) electrons. The van der Waals surface area contributed by atoms with Crippen molar-refractivity contribution in [2.45, 2.75) is 44.7 Å². The molecule has 3 heterocycles. The zero-order chi connectivity index (χ0) is 27.2. The maximum Gasteiger partial charge on any atom is 0.274 e.